The van der Waals surface area contributed by atoms with Gasteiger partial charge in [-0.15, -0.1) is 0 Å². The third-order valence-corrected chi connectivity index (χ3v) is 5.34. The fourth-order valence-electron chi connectivity index (χ4n) is 3.35. The lowest BCUT2D eigenvalue weighted by Gasteiger charge is -2.09. The van der Waals surface area contributed by atoms with Crippen molar-refractivity contribution in [2.75, 3.05) is 6.61 Å². The molecule has 2 heteroatoms. The average Bonchev–Trinajstić information content (AvgIpc) is 2.72. The number of allylic oxidation sites excluding steroid dienone is 1. The molecule has 0 amide bonds. The van der Waals surface area contributed by atoms with Crippen molar-refractivity contribution in [2.45, 2.75) is 65.7 Å². The van der Waals surface area contributed by atoms with Gasteiger partial charge in [-0.25, -0.2) is 0 Å². The molecule has 0 saturated carbocycles. The summed E-state index contributed by atoms with van der Waals surface area (Å²) in [5, 5.41) is 0. The van der Waals surface area contributed by atoms with E-state index in [1.54, 1.807) is 0 Å². The van der Waals surface area contributed by atoms with E-state index in [1.165, 1.54) is 37.7 Å². The highest BCUT2D eigenvalue weighted by Crippen LogP contribution is 2.21. The molecule has 0 aliphatic rings. The maximum Gasteiger partial charge on any atom is 0.126 e. The molecule has 2 rings (SSSR count). The van der Waals surface area contributed by atoms with Crippen LogP contribution in [0.4, 0.5) is 0 Å². The topological polar surface area (TPSA) is 9.23 Å². The first kappa shape index (κ1) is 23.3. The number of benzene rings is 2. The average molecular weight is 409 g/mol. The molecule has 0 saturated heterocycles. The van der Waals surface area contributed by atoms with Crippen LogP contribution in [0.1, 0.15) is 76.0 Å². The summed E-state index contributed by atoms with van der Waals surface area (Å²) >= 11 is 5.62. The van der Waals surface area contributed by atoms with Gasteiger partial charge in [-0.2, -0.15) is 0 Å². The largest absolute Gasteiger partial charge is 0.493 e. The number of para-hydroxylation sites is 1. The zero-order valence-electron chi connectivity index (χ0n) is 18.3. The Morgan fingerprint density at radius 3 is 2.34 bits per heavy atom. The van der Waals surface area contributed by atoms with Crippen molar-refractivity contribution in [1.29, 1.82) is 0 Å². The fraction of sp³-hybridized carbons (Fsp3) is 0.444. The minimum absolute atomic E-state index is 0.667. The van der Waals surface area contributed by atoms with Crippen molar-refractivity contribution in [1.82, 2.24) is 0 Å². The van der Waals surface area contributed by atoms with Gasteiger partial charge >= 0.3 is 0 Å². The molecule has 2 aromatic carbocycles. The highest BCUT2D eigenvalue weighted by atomic mass is 32.1. The second kappa shape index (κ2) is 13.3. The first-order chi connectivity index (χ1) is 14.1. The van der Waals surface area contributed by atoms with E-state index < -0.39 is 0 Å². The van der Waals surface area contributed by atoms with Crippen LogP contribution in [-0.4, -0.2) is 11.5 Å². The van der Waals surface area contributed by atoms with Crippen molar-refractivity contribution in [3.63, 3.8) is 0 Å². The van der Waals surface area contributed by atoms with E-state index in [4.69, 9.17) is 17.0 Å². The smallest absolute Gasteiger partial charge is 0.126 e. The number of thiocarbonyl (C=S) groups is 1. The zero-order chi connectivity index (χ0) is 20.9. The number of ether oxygens (including phenoxy) is 1. The molecule has 0 aliphatic heterocycles. The van der Waals surface area contributed by atoms with Crippen molar-refractivity contribution >= 4 is 23.2 Å². The summed E-state index contributed by atoms with van der Waals surface area (Å²) in [6, 6.07) is 16.8. The first-order valence-corrected chi connectivity index (χ1v) is 11.5. The van der Waals surface area contributed by atoms with Crippen LogP contribution in [0.25, 0.3) is 6.08 Å². The molecular weight excluding hydrogens is 372 g/mol. The standard InChI is InChI=1S/C27H36OS/c1-4-5-6-7-8-11-20-28-26-13-10-9-12-24(26)18-19-27(29)25-16-14-23(15-17-25)21-22(2)3/h9-10,12-19,22H,4-8,11,20-21H2,1-3H3. The molecule has 0 aromatic heterocycles. The normalized spacial score (nSPS) is 11.3. The second-order valence-corrected chi connectivity index (χ2v) is 8.59. The Morgan fingerprint density at radius 1 is 0.931 bits per heavy atom. The van der Waals surface area contributed by atoms with E-state index in [-0.39, 0.29) is 0 Å². The molecular formula is C27H36OS. The van der Waals surface area contributed by atoms with Crippen molar-refractivity contribution in [2.24, 2.45) is 5.92 Å². The Kier molecular flexibility index (Phi) is 10.7. The zero-order valence-corrected chi connectivity index (χ0v) is 19.1. The minimum Gasteiger partial charge on any atom is -0.493 e. The predicted molar refractivity (Wildman–Crippen MR) is 131 cm³/mol. The quantitative estimate of drug-likeness (QED) is 0.143. The van der Waals surface area contributed by atoms with Crippen molar-refractivity contribution in [3.8, 4) is 5.75 Å². The van der Waals surface area contributed by atoms with E-state index in [0.29, 0.717) is 5.92 Å². The van der Waals surface area contributed by atoms with Crippen LogP contribution < -0.4 is 4.74 Å². The van der Waals surface area contributed by atoms with Gasteiger partial charge in [0, 0.05) is 10.4 Å². The third-order valence-electron chi connectivity index (χ3n) is 4.97. The number of unbranched alkanes of at least 4 members (excludes halogenated alkanes) is 5. The predicted octanol–water partition coefficient (Wildman–Crippen LogP) is 8.06. The SMILES string of the molecule is CCCCCCCCOc1ccccc1C=CC(=S)c1ccc(CC(C)C)cc1. The van der Waals surface area contributed by atoms with E-state index in [0.717, 1.165) is 41.2 Å². The van der Waals surface area contributed by atoms with Gasteiger partial charge in [0.25, 0.3) is 0 Å². The lowest BCUT2D eigenvalue weighted by atomic mass is 10.0. The highest BCUT2D eigenvalue weighted by molar-refractivity contribution is 7.81. The Bertz CT molecular complexity index is 758. The van der Waals surface area contributed by atoms with Crippen LogP contribution in [-0.2, 0) is 6.42 Å². The summed E-state index contributed by atoms with van der Waals surface area (Å²) in [5.74, 6) is 1.60. The van der Waals surface area contributed by atoms with Gasteiger partial charge in [-0.1, -0.05) is 108 Å². The van der Waals surface area contributed by atoms with Crippen LogP contribution in [0.5, 0.6) is 5.75 Å². The molecule has 0 heterocycles. The summed E-state index contributed by atoms with van der Waals surface area (Å²) in [6.07, 6.45) is 12.8. The fourth-order valence-corrected chi connectivity index (χ4v) is 3.56. The van der Waals surface area contributed by atoms with Crippen LogP contribution in [0, 0.1) is 5.92 Å². The van der Waals surface area contributed by atoms with Gasteiger partial charge in [-0.05, 0) is 48.1 Å². The molecule has 29 heavy (non-hydrogen) atoms. The molecule has 0 atom stereocenters. The molecule has 0 fully saturated rings. The van der Waals surface area contributed by atoms with Crippen LogP contribution >= 0.6 is 12.2 Å². The van der Waals surface area contributed by atoms with Gasteiger partial charge in [0.1, 0.15) is 5.75 Å². The minimum atomic E-state index is 0.667. The van der Waals surface area contributed by atoms with Gasteiger partial charge < -0.3 is 4.74 Å². The molecule has 0 aliphatic carbocycles. The lowest BCUT2D eigenvalue weighted by molar-refractivity contribution is 0.304. The lowest BCUT2D eigenvalue weighted by Crippen LogP contribution is -1.99. The van der Waals surface area contributed by atoms with E-state index >= 15 is 0 Å². The van der Waals surface area contributed by atoms with Crippen LogP contribution in [0.3, 0.4) is 0 Å². The Labute approximate surface area is 183 Å². The molecule has 0 unspecified atom stereocenters. The molecule has 0 spiro atoms. The second-order valence-electron chi connectivity index (χ2n) is 8.15. The van der Waals surface area contributed by atoms with Crippen molar-refractivity contribution in [3.05, 3.63) is 71.3 Å². The molecule has 0 N–H and O–H groups in total. The number of rotatable bonds is 13. The Balaban J connectivity index is 1.88. The summed E-state index contributed by atoms with van der Waals surface area (Å²) in [6.45, 7) is 7.51. The first-order valence-electron chi connectivity index (χ1n) is 11.1. The van der Waals surface area contributed by atoms with Gasteiger partial charge in [-0.3, -0.25) is 0 Å². The highest BCUT2D eigenvalue weighted by Gasteiger charge is 2.03. The van der Waals surface area contributed by atoms with Gasteiger partial charge in [0.05, 0.1) is 6.61 Å². The molecule has 0 bridgehead atoms. The third kappa shape index (κ3) is 8.95. The summed E-state index contributed by atoms with van der Waals surface area (Å²) in [7, 11) is 0. The van der Waals surface area contributed by atoms with E-state index in [2.05, 4.69) is 57.2 Å². The van der Waals surface area contributed by atoms with Crippen LogP contribution in [0.2, 0.25) is 0 Å². The van der Waals surface area contributed by atoms with E-state index in [1.807, 2.05) is 24.3 Å². The number of hydrogen-bond acceptors (Lipinski definition) is 2. The van der Waals surface area contributed by atoms with E-state index in [9.17, 15) is 0 Å². The van der Waals surface area contributed by atoms with Gasteiger partial charge in [0.15, 0.2) is 0 Å². The summed E-state index contributed by atoms with van der Waals surface area (Å²) in [5.41, 5.74) is 3.54. The van der Waals surface area contributed by atoms with Crippen molar-refractivity contribution < 1.29 is 4.74 Å². The Morgan fingerprint density at radius 2 is 1.62 bits per heavy atom. The Hall–Kier alpha value is -1.93. The maximum absolute atomic E-state index is 6.04. The molecule has 156 valence electrons. The molecule has 2 aromatic rings. The van der Waals surface area contributed by atoms with Crippen LogP contribution in [0.15, 0.2) is 54.6 Å². The molecule has 0 radical (unpaired) electrons. The summed E-state index contributed by atoms with van der Waals surface area (Å²) in [4.78, 5) is 0.854. The summed E-state index contributed by atoms with van der Waals surface area (Å²) < 4.78 is 6.04. The molecule has 1 nitrogen and oxygen atoms in total. The van der Waals surface area contributed by atoms with Gasteiger partial charge in [0.2, 0.25) is 0 Å². The monoisotopic (exact) mass is 408 g/mol. The number of hydrogen-bond donors (Lipinski definition) is 0. The maximum atomic E-state index is 6.04.